The molecule has 1 aromatic carbocycles. The molecule has 0 aliphatic carbocycles. The second-order valence-corrected chi connectivity index (χ2v) is 7.38. The first-order valence-corrected chi connectivity index (χ1v) is 9.68. The maximum atomic E-state index is 12.7. The van der Waals surface area contributed by atoms with E-state index in [1.807, 2.05) is 36.1 Å². The van der Waals surface area contributed by atoms with Gasteiger partial charge >= 0.3 is 0 Å². The highest BCUT2D eigenvalue weighted by molar-refractivity contribution is 6.32. The van der Waals surface area contributed by atoms with Gasteiger partial charge in [0.2, 0.25) is 5.91 Å². The van der Waals surface area contributed by atoms with Crippen molar-refractivity contribution in [2.75, 3.05) is 19.7 Å². The Hall–Kier alpha value is -2.11. The number of nitrogens with zero attached hydrogens (tertiary/aromatic N) is 2. The number of ether oxygens (including phenoxy) is 1. The summed E-state index contributed by atoms with van der Waals surface area (Å²) in [5, 5.41) is 11.4. The summed E-state index contributed by atoms with van der Waals surface area (Å²) < 4.78 is 5.61. The van der Waals surface area contributed by atoms with E-state index in [9.17, 15) is 9.90 Å². The molecule has 1 amide bonds. The van der Waals surface area contributed by atoms with E-state index in [-0.39, 0.29) is 12.3 Å². The van der Waals surface area contributed by atoms with Crippen molar-refractivity contribution < 1.29 is 14.6 Å². The van der Waals surface area contributed by atoms with Crippen LogP contribution in [0, 0.1) is 0 Å². The molecule has 0 bridgehead atoms. The molecule has 0 unspecified atom stereocenters. The van der Waals surface area contributed by atoms with Crippen LogP contribution in [0.3, 0.4) is 0 Å². The second kappa shape index (κ2) is 8.72. The van der Waals surface area contributed by atoms with E-state index < -0.39 is 5.60 Å². The molecule has 0 spiro atoms. The number of likely N-dealkylation sites (tertiary alicyclic amines) is 1. The SMILES string of the molecule is CCOc1c(Cl)cccc1CC(=O)N1CCC(O)(Cc2ccncc2)CC1. The van der Waals surface area contributed by atoms with Gasteiger partial charge in [-0.2, -0.15) is 0 Å². The van der Waals surface area contributed by atoms with Crippen molar-refractivity contribution in [3.63, 3.8) is 0 Å². The van der Waals surface area contributed by atoms with Gasteiger partial charge in [0.05, 0.1) is 23.7 Å². The van der Waals surface area contributed by atoms with Gasteiger partial charge in [0.1, 0.15) is 5.75 Å². The first-order chi connectivity index (χ1) is 13.0. The van der Waals surface area contributed by atoms with Gasteiger partial charge in [0, 0.05) is 37.5 Å². The molecule has 1 aromatic heterocycles. The molecule has 0 saturated carbocycles. The fourth-order valence-electron chi connectivity index (χ4n) is 3.50. The molecule has 2 aromatic rings. The van der Waals surface area contributed by atoms with Crippen molar-refractivity contribution >= 4 is 17.5 Å². The number of carbonyl (C=O) groups is 1. The minimum absolute atomic E-state index is 0.0316. The third-order valence-electron chi connectivity index (χ3n) is 5.01. The minimum atomic E-state index is -0.773. The van der Waals surface area contributed by atoms with Crippen LogP contribution in [-0.2, 0) is 17.6 Å². The normalized spacial score (nSPS) is 16.2. The second-order valence-electron chi connectivity index (χ2n) is 6.98. The number of hydrogen-bond donors (Lipinski definition) is 1. The van der Waals surface area contributed by atoms with Gasteiger partial charge < -0.3 is 14.7 Å². The quantitative estimate of drug-likeness (QED) is 0.824. The van der Waals surface area contributed by atoms with Crippen molar-refractivity contribution in [3.05, 3.63) is 58.9 Å². The Kier molecular flexibility index (Phi) is 6.34. The maximum Gasteiger partial charge on any atom is 0.227 e. The molecule has 1 fully saturated rings. The number of piperidine rings is 1. The van der Waals surface area contributed by atoms with Crippen LogP contribution < -0.4 is 4.74 Å². The number of carbonyl (C=O) groups excluding carboxylic acids is 1. The van der Waals surface area contributed by atoms with Gasteiger partial charge in [-0.1, -0.05) is 23.7 Å². The first kappa shape index (κ1) is 19.6. The minimum Gasteiger partial charge on any atom is -0.492 e. The zero-order valence-electron chi connectivity index (χ0n) is 15.5. The molecule has 2 heterocycles. The van der Waals surface area contributed by atoms with Crippen molar-refractivity contribution in [1.29, 1.82) is 0 Å². The summed E-state index contributed by atoms with van der Waals surface area (Å²) >= 11 is 6.20. The number of halogens is 1. The van der Waals surface area contributed by atoms with E-state index in [1.165, 1.54) is 0 Å². The molecule has 1 aliphatic heterocycles. The van der Waals surface area contributed by atoms with Gasteiger partial charge in [-0.05, 0) is 43.5 Å². The van der Waals surface area contributed by atoms with Crippen LogP contribution >= 0.6 is 11.6 Å². The van der Waals surface area contributed by atoms with E-state index in [4.69, 9.17) is 16.3 Å². The Labute approximate surface area is 164 Å². The molecule has 3 rings (SSSR count). The van der Waals surface area contributed by atoms with Crippen LogP contribution in [0.4, 0.5) is 0 Å². The molecule has 1 aliphatic rings. The highest BCUT2D eigenvalue weighted by Crippen LogP contribution is 2.30. The summed E-state index contributed by atoms with van der Waals surface area (Å²) in [7, 11) is 0. The van der Waals surface area contributed by atoms with E-state index in [0.29, 0.717) is 49.7 Å². The number of amides is 1. The topological polar surface area (TPSA) is 62.7 Å². The lowest BCUT2D eigenvalue weighted by Crippen LogP contribution is -2.48. The monoisotopic (exact) mass is 388 g/mol. The predicted octanol–water partition coefficient (Wildman–Crippen LogP) is 3.27. The number of pyridine rings is 1. The Morgan fingerprint density at radius 3 is 2.63 bits per heavy atom. The Bertz CT molecular complexity index is 774. The first-order valence-electron chi connectivity index (χ1n) is 9.30. The average Bonchev–Trinajstić information content (AvgIpc) is 2.65. The van der Waals surface area contributed by atoms with Crippen molar-refractivity contribution in [3.8, 4) is 5.75 Å². The fourth-order valence-corrected chi connectivity index (χ4v) is 3.75. The Morgan fingerprint density at radius 2 is 1.96 bits per heavy atom. The highest BCUT2D eigenvalue weighted by Gasteiger charge is 2.34. The van der Waals surface area contributed by atoms with Crippen LogP contribution in [0.5, 0.6) is 5.75 Å². The number of aromatic nitrogens is 1. The summed E-state index contributed by atoms with van der Waals surface area (Å²) in [4.78, 5) is 18.6. The lowest BCUT2D eigenvalue weighted by atomic mass is 9.85. The summed E-state index contributed by atoms with van der Waals surface area (Å²) in [5.41, 5.74) is 1.09. The number of para-hydroxylation sites is 1. The average molecular weight is 389 g/mol. The summed E-state index contributed by atoms with van der Waals surface area (Å²) in [5.74, 6) is 0.616. The molecule has 5 nitrogen and oxygen atoms in total. The van der Waals surface area contributed by atoms with Crippen LogP contribution in [0.2, 0.25) is 5.02 Å². The van der Waals surface area contributed by atoms with Gasteiger partial charge in [-0.15, -0.1) is 0 Å². The van der Waals surface area contributed by atoms with Gasteiger partial charge in [0.15, 0.2) is 0 Å². The van der Waals surface area contributed by atoms with Gasteiger partial charge in [-0.25, -0.2) is 0 Å². The fraction of sp³-hybridized carbons (Fsp3) is 0.429. The largest absolute Gasteiger partial charge is 0.492 e. The third-order valence-corrected chi connectivity index (χ3v) is 5.31. The Morgan fingerprint density at radius 1 is 1.26 bits per heavy atom. The standard InChI is InChI=1S/C21H25ClN2O3/c1-2-27-20-17(4-3-5-18(20)22)14-19(25)24-12-8-21(26,9-13-24)15-16-6-10-23-11-7-16/h3-7,10-11,26H,2,8-9,12-15H2,1H3. The molecule has 0 radical (unpaired) electrons. The van der Waals surface area contributed by atoms with E-state index in [2.05, 4.69) is 4.98 Å². The number of aliphatic hydroxyl groups is 1. The van der Waals surface area contributed by atoms with Crippen LogP contribution in [0.15, 0.2) is 42.7 Å². The van der Waals surface area contributed by atoms with Crippen LogP contribution in [-0.4, -0.2) is 46.2 Å². The molecule has 144 valence electrons. The molecule has 27 heavy (non-hydrogen) atoms. The van der Waals surface area contributed by atoms with Gasteiger partial charge in [0.25, 0.3) is 0 Å². The molecular weight excluding hydrogens is 364 g/mol. The summed E-state index contributed by atoms with van der Waals surface area (Å²) in [6, 6.07) is 9.31. The van der Waals surface area contributed by atoms with E-state index >= 15 is 0 Å². The van der Waals surface area contributed by atoms with Crippen molar-refractivity contribution in [1.82, 2.24) is 9.88 Å². The summed E-state index contributed by atoms with van der Waals surface area (Å²) in [6.07, 6.45) is 5.43. The predicted molar refractivity (Wildman–Crippen MR) is 105 cm³/mol. The van der Waals surface area contributed by atoms with Crippen molar-refractivity contribution in [2.45, 2.75) is 38.2 Å². The lowest BCUT2D eigenvalue weighted by molar-refractivity contribution is -0.134. The molecule has 1 saturated heterocycles. The third kappa shape index (κ3) is 4.99. The molecule has 1 N–H and O–H groups in total. The van der Waals surface area contributed by atoms with E-state index in [1.54, 1.807) is 18.5 Å². The number of rotatable bonds is 6. The van der Waals surface area contributed by atoms with Crippen molar-refractivity contribution in [2.24, 2.45) is 0 Å². The van der Waals surface area contributed by atoms with E-state index in [0.717, 1.165) is 11.1 Å². The zero-order chi connectivity index (χ0) is 19.3. The molecular formula is C21H25ClN2O3. The zero-order valence-corrected chi connectivity index (χ0v) is 16.3. The lowest BCUT2D eigenvalue weighted by Gasteiger charge is -2.38. The summed E-state index contributed by atoms with van der Waals surface area (Å²) in [6.45, 7) is 3.48. The van der Waals surface area contributed by atoms with Crippen LogP contribution in [0.25, 0.3) is 0 Å². The molecule has 0 atom stereocenters. The molecule has 6 heteroatoms. The van der Waals surface area contributed by atoms with Crippen LogP contribution in [0.1, 0.15) is 30.9 Å². The number of hydrogen-bond acceptors (Lipinski definition) is 4. The Balaban J connectivity index is 1.60. The highest BCUT2D eigenvalue weighted by atomic mass is 35.5. The van der Waals surface area contributed by atoms with Gasteiger partial charge in [-0.3, -0.25) is 9.78 Å². The maximum absolute atomic E-state index is 12.7. The number of benzene rings is 1. The smallest absolute Gasteiger partial charge is 0.227 e.